The third kappa shape index (κ3) is 4.93. The van der Waals surface area contributed by atoms with Crippen molar-refractivity contribution in [2.24, 2.45) is 4.99 Å². The standard InChI is InChI=1S/C22H26N4O3/c1-23-22(25-15-16-9-11-17(29-2)12-10-16)24-13-5-6-14-26-20(27)18-7-3-4-8-19(18)21(26)28/h3-4,7-12H,5-6,13-15H2,1-2H3,(H2,23,24,25). The Kier molecular flexibility index (Phi) is 6.84. The third-order valence-electron chi connectivity index (χ3n) is 4.82. The van der Waals surface area contributed by atoms with E-state index in [2.05, 4.69) is 15.6 Å². The Bertz CT molecular complexity index is 858. The Morgan fingerprint density at radius 1 is 0.966 bits per heavy atom. The number of nitrogens with one attached hydrogen (secondary N) is 2. The van der Waals surface area contributed by atoms with E-state index < -0.39 is 0 Å². The fourth-order valence-corrected chi connectivity index (χ4v) is 3.19. The molecule has 0 atom stereocenters. The maximum Gasteiger partial charge on any atom is 0.261 e. The third-order valence-corrected chi connectivity index (χ3v) is 4.82. The van der Waals surface area contributed by atoms with Crippen molar-refractivity contribution in [2.45, 2.75) is 19.4 Å². The van der Waals surface area contributed by atoms with Gasteiger partial charge in [-0.15, -0.1) is 0 Å². The zero-order chi connectivity index (χ0) is 20.6. The molecule has 0 saturated heterocycles. The van der Waals surface area contributed by atoms with E-state index in [9.17, 15) is 9.59 Å². The van der Waals surface area contributed by atoms with Crippen LogP contribution in [-0.2, 0) is 6.54 Å². The van der Waals surface area contributed by atoms with Gasteiger partial charge in [0.1, 0.15) is 5.75 Å². The van der Waals surface area contributed by atoms with E-state index in [0.29, 0.717) is 36.7 Å². The van der Waals surface area contributed by atoms with Crippen LogP contribution in [0.1, 0.15) is 39.1 Å². The van der Waals surface area contributed by atoms with E-state index in [1.54, 1.807) is 38.4 Å². The highest BCUT2D eigenvalue weighted by atomic mass is 16.5. The Hall–Kier alpha value is -3.35. The average Bonchev–Trinajstić information content (AvgIpc) is 3.01. The van der Waals surface area contributed by atoms with Crippen LogP contribution in [0, 0.1) is 0 Å². The van der Waals surface area contributed by atoms with Gasteiger partial charge in [-0.05, 0) is 42.7 Å². The van der Waals surface area contributed by atoms with Crippen molar-refractivity contribution in [2.75, 3.05) is 27.2 Å². The molecule has 2 N–H and O–H groups in total. The van der Waals surface area contributed by atoms with E-state index in [0.717, 1.165) is 24.2 Å². The number of amides is 2. The van der Waals surface area contributed by atoms with E-state index in [1.807, 2.05) is 24.3 Å². The minimum atomic E-state index is -0.199. The first-order chi connectivity index (χ1) is 14.1. The van der Waals surface area contributed by atoms with Crippen LogP contribution in [0.5, 0.6) is 5.75 Å². The molecule has 2 amide bonds. The number of hydrogen-bond donors (Lipinski definition) is 2. The summed E-state index contributed by atoms with van der Waals surface area (Å²) in [5, 5.41) is 6.51. The highest BCUT2D eigenvalue weighted by Crippen LogP contribution is 2.22. The van der Waals surface area contributed by atoms with E-state index in [4.69, 9.17) is 4.74 Å². The maximum atomic E-state index is 12.3. The van der Waals surface area contributed by atoms with Gasteiger partial charge in [-0.1, -0.05) is 24.3 Å². The van der Waals surface area contributed by atoms with Gasteiger partial charge in [-0.2, -0.15) is 0 Å². The molecule has 7 heteroatoms. The van der Waals surface area contributed by atoms with Crippen molar-refractivity contribution in [1.82, 2.24) is 15.5 Å². The molecule has 1 aliphatic rings. The van der Waals surface area contributed by atoms with Gasteiger partial charge in [0, 0.05) is 26.7 Å². The van der Waals surface area contributed by atoms with Crippen molar-refractivity contribution in [3.63, 3.8) is 0 Å². The molecular weight excluding hydrogens is 368 g/mol. The van der Waals surface area contributed by atoms with Crippen LogP contribution >= 0.6 is 0 Å². The number of fused-ring (bicyclic) bond motifs is 1. The minimum absolute atomic E-state index is 0.199. The lowest BCUT2D eigenvalue weighted by atomic mass is 10.1. The number of aliphatic imine (C=N–C) groups is 1. The zero-order valence-corrected chi connectivity index (χ0v) is 16.8. The highest BCUT2D eigenvalue weighted by molar-refractivity contribution is 6.21. The molecule has 1 aliphatic heterocycles. The van der Waals surface area contributed by atoms with Gasteiger partial charge < -0.3 is 15.4 Å². The lowest BCUT2D eigenvalue weighted by Gasteiger charge is -2.15. The molecule has 0 saturated carbocycles. The van der Waals surface area contributed by atoms with Crippen molar-refractivity contribution < 1.29 is 14.3 Å². The second-order valence-electron chi connectivity index (χ2n) is 6.72. The Balaban J connectivity index is 1.37. The van der Waals surface area contributed by atoms with Crippen molar-refractivity contribution in [3.05, 3.63) is 65.2 Å². The molecule has 0 radical (unpaired) electrons. The van der Waals surface area contributed by atoms with Crippen LogP contribution in [0.3, 0.4) is 0 Å². The molecule has 152 valence electrons. The summed E-state index contributed by atoms with van der Waals surface area (Å²) in [5.74, 6) is 1.14. The van der Waals surface area contributed by atoms with Crippen LogP contribution in [0.25, 0.3) is 0 Å². The Morgan fingerprint density at radius 2 is 1.62 bits per heavy atom. The number of methoxy groups -OCH3 is 1. The fourth-order valence-electron chi connectivity index (χ4n) is 3.19. The predicted molar refractivity (Wildman–Crippen MR) is 112 cm³/mol. The van der Waals surface area contributed by atoms with Gasteiger partial charge in [-0.25, -0.2) is 0 Å². The highest BCUT2D eigenvalue weighted by Gasteiger charge is 2.34. The molecule has 0 unspecified atom stereocenters. The number of rotatable bonds is 8. The number of ether oxygens (including phenoxy) is 1. The maximum absolute atomic E-state index is 12.3. The van der Waals surface area contributed by atoms with Crippen molar-refractivity contribution >= 4 is 17.8 Å². The van der Waals surface area contributed by atoms with Gasteiger partial charge in [0.2, 0.25) is 0 Å². The number of carbonyl (C=O) groups is 2. The quantitative estimate of drug-likeness (QED) is 0.311. The average molecular weight is 394 g/mol. The Morgan fingerprint density at radius 3 is 2.21 bits per heavy atom. The number of imide groups is 1. The molecule has 3 rings (SSSR count). The smallest absolute Gasteiger partial charge is 0.261 e. The topological polar surface area (TPSA) is 83.0 Å². The lowest BCUT2D eigenvalue weighted by molar-refractivity contribution is 0.0652. The largest absolute Gasteiger partial charge is 0.497 e. The molecule has 0 bridgehead atoms. The first kappa shape index (κ1) is 20.4. The molecule has 2 aromatic carbocycles. The van der Waals surface area contributed by atoms with Crippen LogP contribution in [-0.4, -0.2) is 49.9 Å². The Labute approximate surface area is 170 Å². The number of carbonyl (C=O) groups excluding carboxylic acids is 2. The molecule has 29 heavy (non-hydrogen) atoms. The normalized spacial score (nSPS) is 13.4. The number of benzene rings is 2. The van der Waals surface area contributed by atoms with Crippen LogP contribution in [0.2, 0.25) is 0 Å². The second kappa shape index (κ2) is 9.73. The first-order valence-corrected chi connectivity index (χ1v) is 9.66. The summed E-state index contributed by atoms with van der Waals surface area (Å²) in [7, 11) is 3.37. The van der Waals surface area contributed by atoms with Gasteiger partial charge in [0.15, 0.2) is 5.96 Å². The second-order valence-corrected chi connectivity index (χ2v) is 6.72. The summed E-state index contributed by atoms with van der Waals surface area (Å²) in [5.41, 5.74) is 2.12. The number of nitrogens with zero attached hydrogens (tertiary/aromatic N) is 2. The first-order valence-electron chi connectivity index (χ1n) is 9.66. The molecule has 2 aromatic rings. The van der Waals surface area contributed by atoms with Crippen LogP contribution in [0.15, 0.2) is 53.5 Å². The summed E-state index contributed by atoms with van der Waals surface area (Å²) >= 11 is 0. The van der Waals surface area contributed by atoms with Gasteiger partial charge in [-0.3, -0.25) is 19.5 Å². The molecular formula is C22H26N4O3. The minimum Gasteiger partial charge on any atom is -0.497 e. The zero-order valence-electron chi connectivity index (χ0n) is 16.8. The molecule has 0 fully saturated rings. The molecule has 0 aromatic heterocycles. The fraction of sp³-hybridized carbons (Fsp3) is 0.318. The van der Waals surface area contributed by atoms with Crippen molar-refractivity contribution in [3.8, 4) is 5.75 Å². The van der Waals surface area contributed by atoms with Crippen LogP contribution < -0.4 is 15.4 Å². The van der Waals surface area contributed by atoms with Gasteiger partial charge >= 0.3 is 0 Å². The number of unbranched alkanes of at least 4 members (excludes halogenated alkanes) is 1. The predicted octanol–water partition coefficient (Wildman–Crippen LogP) is 2.44. The summed E-state index contributed by atoms with van der Waals surface area (Å²) in [6, 6.07) is 14.8. The summed E-state index contributed by atoms with van der Waals surface area (Å²) in [6.45, 7) is 1.77. The van der Waals surface area contributed by atoms with Crippen molar-refractivity contribution in [1.29, 1.82) is 0 Å². The molecule has 7 nitrogen and oxygen atoms in total. The lowest BCUT2D eigenvalue weighted by Crippen LogP contribution is -2.37. The van der Waals surface area contributed by atoms with Gasteiger partial charge in [0.25, 0.3) is 11.8 Å². The SMILES string of the molecule is CN=C(NCCCCN1C(=O)c2ccccc2C1=O)NCc1ccc(OC)cc1. The summed E-state index contributed by atoms with van der Waals surface area (Å²) in [4.78, 5) is 30.2. The molecule has 1 heterocycles. The molecule has 0 spiro atoms. The number of guanidine groups is 1. The monoisotopic (exact) mass is 394 g/mol. The van der Waals surface area contributed by atoms with E-state index in [-0.39, 0.29) is 11.8 Å². The van der Waals surface area contributed by atoms with E-state index in [1.165, 1.54) is 4.90 Å². The summed E-state index contributed by atoms with van der Waals surface area (Å²) in [6.07, 6.45) is 1.55. The van der Waals surface area contributed by atoms with Crippen LogP contribution in [0.4, 0.5) is 0 Å². The van der Waals surface area contributed by atoms with E-state index >= 15 is 0 Å². The number of hydrogen-bond acceptors (Lipinski definition) is 4. The molecule has 0 aliphatic carbocycles. The summed E-state index contributed by atoms with van der Waals surface area (Å²) < 4.78 is 5.16. The van der Waals surface area contributed by atoms with Gasteiger partial charge in [0.05, 0.1) is 18.2 Å².